The van der Waals surface area contributed by atoms with Gasteiger partial charge in [-0.2, -0.15) is 0 Å². The minimum Gasteiger partial charge on any atom is -0.480 e. The fourth-order valence-corrected chi connectivity index (χ4v) is 2.38. The Morgan fingerprint density at radius 1 is 1.38 bits per heavy atom. The van der Waals surface area contributed by atoms with Crippen LogP contribution in [0.2, 0.25) is 0 Å². The van der Waals surface area contributed by atoms with E-state index in [-0.39, 0.29) is 6.54 Å². The fraction of sp³-hybridized carbons (Fsp3) is 0.375. The fourth-order valence-electron chi connectivity index (χ4n) is 2.38. The first kappa shape index (κ1) is 13.8. The van der Waals surface area contributed by atoms with Gasteiger partial charge < -0.3 is 9.63 Å². The van der Waals surface area contributed by atoms with Crippen molar-refractivity contribution in [3.8, 4) is 11.3 Å². The van der Waals surface area contributed by atoms with Gasteiger partial charge >= 0.3 is 5.97 Å². The molecular weight excluding hydrogens is 268 g/mol. The van der Waals surface area contributed by atoms with Crippen LogP contribution in [0.4, 0.5) is 0 Å². The van der Waals surface area contributed by atoms with E-state index < -0.39 is 5.97 Å². The maximum absolute atomic E-state index is 10.9. The summed E-state index contributed by atoms with van der Waals surface area (Å²) in [6, 6.07) is 10.3. The monoisotopic (exact) mass is 286 g/mol. The van der Waals surface area contributed by atoms with E-state index in [9.17, 15) is 4.79 Å². The number of carbonyl (C=O) groups is 1. The predicted molar refractivity (Wildman–Crippen MR) is 77.7 cm³/mol. The Labute approximate surface area is 123 Å². The van der Waals surface area contributed by atoms with E-state index in [4.69, 9.17) is 9.63 Å². The van der Waals surface area contributed by atoms with Crippen LogP contribution < -0.4 is 0 Å². The van der Waals surface area contributed by atoms with Crippen LogP contribution in [0.3, 0.4) is 0 Å². The molecule has 0 spiro atoms. The number of hydrogen-bond donors (Lipinski definition) is 1. The summed E-state index contributed by atoms with van der Waals surface area (Å²) in [5.41, 5.74) is 2.99. The molecule has 1 aromatic heterocycles. The summed E-state index contributed by atoms with van der Waals surface area (Å²) in [5.74, 6) is -0.0982. The number of aromatic nitrogens is 1. The van der Waals surface area contributed by atoms with E-state index in [2.05, 4.69) is 5.16 Å². The lowest BCUT2D eigenvalue weighted by atomic mass is 10.1. The van der Waals surface area contributed by atoms with Crippen molar-refractivity contribution in [3.63, 3.8) is 0 Å². The van der Waals surface area contributed by atoms with Gasteiger partial charge in [-0.1, -0.05) is 35.0 Å². The average Bonchev–Trinajstić information content (AvgIpc) is 3.19. The summed E-state index contributed by atoms with van der Waals surface area (Å²) in [6.45, 7) is 2.58. The molecule has 0 aliphatic heterocycles. The Bertz CT molecular complexity index is 629. The summed E-state index contributed by atoms with van der Waals surface area (Å²) >= 11 is 0. The van der Waals surface area contributed by atoms with Crippen molar-refractivity contribution in [2.45, 2.75) is 32.4 Å². The normalized spacial score (nSPS) is 14.6. The third-order valence-corrected chi connectivity index (χ3v) is 3.67. The minimum atomic E-state index is -0.805. The molecule has 0 unspecified atom stereocenters. The minimum absolute atomic E-state index is 0.0469. The average molecular weight is 286 g/mol. The van der Waals surface area contributed by atoms with Crippen molar-refractivity contribution in [1.29, 1.82) is 0 Å². The molecule has 5 heteroatoms. The topological polar surface area (TPSA) is 66.6 Å². The third kappa shape index (κ3) is 3.49. The molecule has 1 heterocycles. The summed E-state index contributed by atoms with van der Waals surface area (Å²) < 4.78 is 5.35. The van der Waals surface area contributed by atoms with Gasteiger partial charge in [-0.25, -0.2) is 0 Å². The summed E-state index contributed by atoms with van der Waals surface area (Å²) in [7, 11) is 0. The maximum atomic E-state index is 10.9. The first-order valence-corrected chi connectivity index (χ1v) is 7.10. The SMILES string of the molecule is Cc1ccc(-c2cc(CN(CC(=O)O)C3CC3)on2)cc1. The second-order valence-electron chi connectivity index (χ2n) is 5.57. The van der Waals surface area contributed by atoms with E-state index in [1.807, 2.05) is 42.2 Å². The molecule has 2 aromatic rings. The molecule has 0 atom stereocenters. The number of benzene rings is 1. The molecule has 110 valence electrons. The van der Waals surface area contributed by atoms with Crippen LogP contribution in [-0.4, -0.2) is 33.7 Å². The highest BCUT2D eigenvalue weighted by atomic mass is 16.5. The molecule has 0 bridgehead atoms. The lowest BCUT2D eigenvalue weighted by molar-refractivity contribution is -0.138. The van der Waals surface area contributed by atoms with Crippen LogP contribution in [0.1, 0.15) is 24.2 Å². The van der Waals surface area contributed by atoms with Crippen LogP contribution in [0, 0.1) is 6.92 Å². The number of hydrogen-bond acceptors (Lipinski definition) is 4. The second kappa shape index (κ2) is 5.69. The van der Waals surface area contributed by atoms with Gasteiger partial charge in [0.15, 0.2) is 5.76 Å². The Balaban J connectivity index is 1.72. The van der Waals surface area contributed by atoms with E-state index in [1.54, 1.807) is 0 Å². The second-order valence-corrected chi connectivity index (χ2v) is 5.57. The number of carboxylic acid groups (broad SMARTS) is 1. The smallest absolute Gasteiger partial charge is 0.317 e. The van der Waals surface area contributed by atoms with Gasteiger partial charge in [0.2, 0.25) is 0 Å². The van der Waals surface area contributed by atoms with E-state index in [0.29, 0.717) is 18.3 Å². The zero-order valence-corrected chi connectivity index (χ0v) is 12.0. The maximum Gasteiger partial charge on any atom is 0.317 e. The molecule has 1 aliphatic carbocycles. The largest absolute Gasteiger partial charge is 0.480 e. The Morgan fingerprint density at radius 3 is 2.71 bits per heavy atom. The quantitative estimate of drug-likeness (QED) is 0.884. The van der Waals surface area contributed by atoms with Crippen LogP contribution in [0.15, 0.2) is 34.9 Å². The molecule has 21 heavy (non-hydrogen) atoms. The van der Waals surface area contributed by atoms with Crippen LogP contribution >= 0.6 is 0 Å². The highest BCUT2D eigenvalue weighted by Crippen LogP contribution is 2.29. The van der Waals surface area contributed by atoms with Crippen molar-refractivity contribution < 1.29 is 14.4 Å². The van der Waals surface area contributed by atoms with Gasteiger partial charge in [0.1, 0.15) is 5.69 Å². The highest BCUT2D eigenvalue weighted by molar-refractivity contribution is 5.69. The molecule has 0 amide bonds. The predicted octanol–water partition coefficient (Wildman–Crippen LogP) is 2.70. The summed E-state index contributed by atoms with van der Waals surface area (Å²) in [5, 5.41) is 13.0. The first-order chi connectivity index (χ1) is 10.1. The molecule has 1 N–H and O–H groups in total. The van der Waals surface area contributed by atoms with Gasteiger partial charge in [0, 0.05) is 17.7 Å². The van der Waals surface area contributed by atoms with Crippen molar-refractivity contribution in [1.82, 2.24) is 10.1 Å². The molecular formula is C16H18N2O3. The Hall–Kier alpha value is -2.14. The number of nitrogens with zero attached hydrogens (tertiary/aromatic N) is 2. The molecule has 1 aliphatic rings. The van der Waals surface area contributed by atoms with Crippen molar-refractivity contribution in [2.24, 2.45) is 0 Å². The molecule has 5 nitrogen and oxygen atoms in total. The van der Waals surface area contributed by atoms with Crippen LogP contribution in [0.5, 0.6) is 0 Å². The van der Waals surface area contributed by atoms with Gasteiger partial charge in [0.25, 0.3) is 0 Å². The molecule has 0 saturated heterocycles. The lowest BCUT2D eigenvalue weighted by Gasteiger charge is -2.17. The van der Waals surface area contributed by atoms with Gasteiger partial charge in [-0.3, -0.25) is 9.69 Å². The third-order valence-electron chi connectivity index (χ3n) is 3.67. The van der Waals surface area contributed by atoms with E-state index in [1.165, 1.54) is 5.56 Å². The Morgan fingerprint density at radius 2 is 2.10 bits per heavy atom. The van der Waals surface area contributed by atoms with Crippen molar-refractivity contribution in [2.75, 3.05) is 6.54 Å². The van der Waals surface area contributed by atoms with Gasteiger partial charge in [-0.15, -0.1) is 0 Å². The molecule has 1 saturated carbocycles. The zero-order chi connectivity index (χ0) is 14.8. The number of aryl methyl sites for hydroxylation is 1. The standard InChI is InChI=1S/C16H18N2O3/c1-11-2-4-12(5-3-11)15-8-14(21-17-15)9-18(10-16(19)20)13-6-7-13/h2-5,8,13H,6-7,9-10H2,1H3,(H,19,20). The lowest BCUT2D eigenvalue weighted by Crippen LogP contribution is -2.31. The van der Waals surface area contributed by atoms with E-state index >= 15 is 0 Å². The number of rotatable bonds is 6. The van der Waals surface area contributed by atoms with Crippen LogP contribution in [0.25, 0.3) is 11.3 Å². The molecule has 0 radical (unpaired) electrons. The van der Waals surface area contributed by atoms with Gasteiger partial charge in [-0.05, 0) is 19.8 Å². The first-order valence-electron chi connectivity index (χ1n) is 7.10. The van der Waals surface area contributed by atoms with Crippen molar-refractivity contribution in [3.05, 3.63) is 41.7 Å². The molecule has 1 aromatic carbocycles. The molecule has 3 rings (SSSR count). The summed E-state index contributed by atoms with van der Waals surface area (Å²) in [4.78, 5) is 12.8. The number of carboxylic acids is 1. The number of aliphatic carboxylic acids is 1. The molecule has 1 fully saturated rings. The highest BCUT2D eigenvalue weighted by Gasteiger charge is 2.31. The van der Waals surface area contributed by atoms with Gasteiger partial charge in [0.05, 0.1) is 13.1 Å². The Kier molecular flexibility index (Phi) is 3.75. The van der Waals surface area contributed by atoms with E-state index in [0.717, 1.165) is 24.1 Å². The van der Waals surface area contributed by atoms with Crippen molar-refractivity contribution >= 4 is 5.97 Å². The van der Waals surface area contributed by atoms with Crippen LogP contribution in [-0.2, 0) is 11.3 Å². The summed E-state index contributed by atoms with van der Waals surface area (Å²) in [6.07, 6.45) is 2.12. The zero-order valence-electron chi connectivity index (χ0n) is 12.0.